The number of nitrogens with one attached hydrogen (secondary N) is 2. The van der Waals surface area contributed by atoms with Crippen LogP contribution in [0, 0.1) is 0 Å². The van der Waals surface area contributed by atoms with E-state index < -0.39 is 0 Å². The van der Waals surface area contributed by atoms with Crippen LogP contribution in [-0.4, -0.2) is 41.1 Å². The molecular weight excluding hydrogens is 320 g/mol. The summed E-state index contributed by atoms with van der Waals surface area (Å²) in [6.45, 7) is 1.71. The number of aliphatic imine (C=N–C) groups is 1. The highest BCUT2D eigenvalue weighted by Crippen LogP contribution is 2.49. The van der Waals surface area contributed by atoms with Crippen molar-refractivity contribution in [2.45, 2.75) is 24.8 Å². The summed E-state index contributed by atoms with van der Waals surface area (Å²) in [5.74, 6) is 3.29. The summed E-state index contributed by atoms with van der Waals surface area (Å²) in [5.41, 5.74) is 1.43. The van der Waals surface area contributed by atoms with E-state index in [9.17, 15) is 0 Å². The zero-order valence-electron chi connectivity index (χ0n) is 14.5. The van der Waals surface area contributed by atoms with Gasteiger partial charge >= 0.3 is 0 Å². The maximum absolute atomic E-state index is 5.51. The first-order chi connectivity index (χ1) is 12.2. The monoisotopic (exact) mass is 342 g/mol. The first-order valence-corrected chi connectivity index (χ1v) is 8.38. The van der Waals surface area contributed by atoms with E-state index >= 15 is 0 Å². The Kier molecular flexibility index (Phi) is 3.95. The number of hydrogen-bond acceptors (Lipinski definition) is 5. The Morgan fingerprint density at radius 1 is 1.28 bits per heavy atom. The zero-order valence-corrected chi connectivity index (χ0v) is 14.5. The third kappa shape index (κ3) is 3.11. The second-order valence-corrected chi connectivity index (χ2v) is 6.43. The lowest BCUT2D eigenvalue weighted by Crippen LogP contribution is -2.41. The molecule has 1 aromatic heterocycles. The third-order valence-corrected chi connectivity index (χ3v) is 4.88. The lowest BCUT2D eigenvalue weighted by atomic mass is 9.95. The molecule has 0 saturated heterocycles. The van der Waals surface area contributed by atoms with Crippen molar-refractivity contribution < 1.29 is 9.47 Å². The molecule has 0 bridgehead atoms. The van der Waals surface area contributed by atoms with Gasteiger partial charge < -0.3 is 20.1 Å². The Labute approximate surface area is 146 Å². The summed E-state index contributed by atoms with van der Waals surface area (Å²) < 4.78 is 12.7. The van der Waals surface area contributed by atoms with Gasteiger partial charge in [0, 0.05) is 26.1 Å². The van der Waals surface area contributed by atoms with Crippen LogP contribution in [0.3, 0.4) is 0 Å². The van der Waals surface area contributed by atoms with Gasteiger partial charge in [-0.1, -0.05) is 6.07 Å². The Morgan fingerprint density at radius 2 is 2.12 bits per heavy atom. The molecule has 0 radical (unpaired) electrons. The van der Waals surface area contributed by atoms with Crippen LogP contribution in [-0.2, 0) is 19.0 Å². The number of hydrogen-bond donors (Lipinski definition) is 2. The lowest BCUT2D eigenvalue weighted by Gasteiger charge is -2.19. The normalized spacial score (nSPS) is 17.4. The molecule has 0 amide bonds. The van der Waals surface area contributed by atoms with E-state index in [1.54, 1.807) is 18.1 Å². The minimum atomic E-state index is 0.142. The fourth-order valence-electron chi connectivity index (χ4n) is 3.06. The molecule has 2 aliphatic rings. The minimum absolute atomic E-state index is 0.142. The van der Waals surface area contributed by atoms with Crippen molar-refractivity contribution in [1.29, 1.82) is 0 Å². The number of aromatic nitrogens is 3. The summed E-state index contributed by atoms with van der Waals surface area (Å²) in [6, 6.07) is 6.24. The maximum atomic E-state index is 5.51. The summed E-state index contributed by atoms with van der Waals surface area (Å²) >= 11 is 0. The van der Waals surface area contributed by atoms with Gasteiger partial charge in [0.2, 0.25) is 6.79 Å². The average Bonchev–Trinajstić information content (AvgIpc) is 3.08. The molecule has 132 valence electrons. The van der Waals surface area contributed by atoms with Crippen molar-refractivity contribution in [3.8, 4) is 11.5 Å². The molecule has 2 N–H and O–H groups in total. The molecule has 4 rings (SSSR count). The van der Waals surface area contributed by atoms with Crippen LogP contribution < -0.4 is 20.1 Å². The average molecular weight is 342 g/mol. The molecular formula is C17H22N6O2. The molecule has 0 atom stereocenters. The molecule has 1 saturated carbocycles. The molecule has 1 aromatic carbocycles. The number of rotatable bonds is 5. The van der Waals surface area contributed by atoms with E-state index in [4.69, 9.17) is 9.47 Å². The predicted octanol–water partition coefficient (Wildman–Crippen LogP) is 0.941. The lowest BCUT2D eigenvalue weighted by molar-refractivity contribution is 0.174. The molecule has 0 unspecified atom stereocenters. The van der Waals surface area contributed by atoms with Gasteiger partial charge in [0.05, 0.1) is 6.54 Å². The fraction of sp³-hybridized carbons (Fsp3) is 0.471. The van der Waals surface area contributed by atoms with Gasteiger partial charge in [-0.3, -0.25) is 9.67 Å². The Morgan fingerprint density at radius 3 is 2.84 bits per heavy atom. The van der Waals surface area contributed by atoms with Crippen LogP contribution in [0.15, 0.2) is 29.5 Å². The van der Waals surface area contributed by atoms with Crippen molar-refractivity contribution in [2.75, 3.05) is 20.4 Å². The first-order valence-electron chi connectivity index (χ1n) is 8.38. The Hall–Kier alpha value is -2.77. The topological polar surface area (TPSA) is 85.6 Å². The standard InChI is InChI=1S/C17H22N6O2/c1-18-16(19-8-15-21-10-22-23(15)2)20-9-17(5-6-17)12-3-4-13-14(7-12)25-11-24-13/h3-4,7,10H,5-6,8-9,11H2,1-2H3,(H2,18,19,20). The highest BCUT2D eigenvalue weighted by Gasteiger charge is 2.44. The quantitative estimate of drug-likeness (QED) is 0.621. The van der Waals surface area contributed by atoms with Crippen LogP contribution in [0.2, 0.25) is 0 Å². The largest absolute Gasteiger partial charge is 0.454 e. The smallest absolute Gasteiger partial charge is 0.231 e. The molecule has 0 spiro atoms. The minimum Gasteiger partial charge on any atom is -0.454 e. The van der Waals surface area contributed by atoms with Gasteiger partial charge in [-0.25, -0.2) is 4.98 Å². The van der Waals surface area contributed by atoms with Gasteiger partial charge in [0.25, 0.3) is 0 Å². The van der Waals surface area contributed by atoms with Crippen LogP contribution in [0.5, 0.6) is 11.5 Å². The van der Waals surface area contributed by atoms with E-state index in [-0.39, 0.29) is 5.41 Å². The van der Waals surface area contributed by atoms with E-state index in [0.717, 1.165) is 42.7 Å². The number of fused-ring (bicyclic) bond motifs is 1. The highest BCUT2D eigenvalue weighted by atomic mass is 16.7. The maximum Gasteiger partial charge on any atom is 0.231 e. The van der Waals surface area contributed by atoms with Gasteiger partial charge in [-0.2, -0.15) is 5.10 Å². The van der Waals surface area contributed by atoms with Crippen molar-refractivity contribution in [3.63, 3.8) is 0 Å². The summed E-state index contributed by atoms with van der Waals surface area (Å²) in [6.07, 6.45) is 3.85. The zero-order chi connectivity index (χ0) is 17.3. The van der Waals surface area contributed by atoms with Gasteiger partial charge in [0.1, 0.15) is 12.2 Å². The van der Waals surface area contributed by atoms with E-state index in [1.807, 2.05) is 13.1 Å². The highest BCUT2D eigenvalue weighted by molar-refractivity contribution is 5.79. The van der Waals surface area contributed by atoms with Gasteiger partial charge in [-0.15, -0.1) is 0 Å². The molecule has 1 aliphatic carbocycles. The van der Waals surface area contributed by atoms with Crippen molar-refractivity contribution >= 4 is 5.96 Å². The van der Waals surface area contributed by atoms with Crippen LogP contribution >= 0.6 is 0 Å². The number of benzene rings is 1. The molecule has 8 heteroatoms. The number of nitrogens with zero attached hydrogens (tertiary/aromatic N) is 4. The number of guanidine groups is 1. The third-order valence-electron chi connectivity index (χ3n) is 4.88. The number of ether oxygens (including phenoxy) is 2. The molecule has 1 fully saturated rings. The predicted molar refractivity (Wildman–Crippen MR) is 92.7 cm³/mol. The molecule has 2 heterocycles. The molecule has 1 aliphatic heterocycles. The fourth-order valence-corrected chi connectivity index (χ4v) is 3.06. The van der Waals surface area contributed by atoms with Crippen LogP contribution in [0.25, 0.3) is 0 Å². The second-order valence-electron chi connectivity index (χ2n) is 6.43. The Balaban J connectivity index is 1.37. The van der Waals surface area contributed by atoms with Crippen molar-refractivity contribution in [3.05, 3.63) is 35.9 Å². The SMILES string of the molecule is CN=C(NCc1ncnn1C)NCC1(c2ccc3c(c2)OCO3)CC1. The first kappa shape index (κ1) is 15.7. The van der Waals surface area contributed by atoms with Crippen molar-refractivity contribution in [2.24, 2.45) is 12.0 Å². The van der Waals surface area contributed by atoms with E-state index in [0.29, 0.717) is 13.3 Å². The van der Waals surface area contributed by atoms with Crippen LogP contribution in [0.4, 0.5) is 0 Å². The molecule has 8 nitrogen and oxygen atoms in total. The van der Waals surface area contributed by atoms with Crippen molar-refractivity contribution in [1.82, 2.24) is 25.4 Å². The van der Waals surface area contributed by atoms with Gasteiger partial charge in [0.15, 0.2) is 17.5 Å². The number of aryl methyl sites for hydroxylation is 1. The van der Waals surface area contributed by atoms with Gasteiger partial charge in [-0.05, 0) is 30.5 Å². The van der Waals surface area contributed by atoms with E-state index in [1.165, 1.54) is 5.56 Å². The Bertz CT molecular complexity index is 796. The van der Waals surface area contributed by atoms with E-state index in [2.05, 4.69) is 37.8 Å². The summed E-state index contributed by atoms with van der Waals surface area (Å²) in [4.78, 5) is 8.50. The summed E-state index contributed by atoms with van der Waals surface area (Å²) in [7, 11) is 3.64. The van der Waals surface area contributed by atoms with Crippen LogP contribution in [0.1, 0.15) is 24.2 Å². The molecule has 25 heavy (non-hydrogen) atoms. The summed E-state index contributed by atoms with van der Waals surface area (Å²) in [5, 5.41) is 10.8. The molecule has 2 aromatic rings. The second kappa shape index (κ2) is 6.27.